The molecule has 0 spiro atoms. The predicted molar refractivity (Wildman–Crippen MR) is 144 cm³/mol. The molecular formula is C30H31BrFNO4. The van der Waals surface area contributed by atoms with Gasteiger partial charge < -0.3 is 14.7 Å². The fourth-order valence-corrected chi connectivity index (χ4v) is 5.11. The summed E-state index contributed by atoms with van der Waals surface area (Å²) >= 11 is 3.21. The molecule has 0 fully saturated rings. The average Bonchev–Trinajstić information content (AvgIpc) is 3.15. The molecule has 1 atom stereocenters. The Hall–Kier alpha value is -3.19. The van der Waals surface area contributed by atoms with Crippen LogP contribution in [0.5, 0.6) is 5.75 Å². The Labute approximate surface area is 225 Å². The van der Waals surface area contributed by atoms with Crippen LogP contribution in [0.1, 0.15) is 54.5 Å². The lowest BCUT2D eigenvalue weighted by atomic mass is 9.90. The second-order valence-electron chi connectivity index (χ2n) is 10.3. The molecule has 0 aliphatic carbocycles. The van der Waals surface area contributed by atoms with Crippen molar-refractivity contribution in [1.29, 1.82) is 0 Å². The molecule has 0 bridgehead atoms. The van der Waals surface area contributed by atoms with Gasteiger partial charge in [0.15, 0.2) is 0 Å². The highest BCUT2D eigenvalue weighted by Crippen LogP contribution is 2.37. The molecule has 4 rings (SSSR count). The molecule has 1 aliphatic rings. The van der Waals surface area contributed by atoms with E-state index in [2.05, 4.69) is 61.0 Å². The summed E-state index contributed by atoms with van der Waals surface area (Å²) in [4.78, 5) is 25.7. The number of halogens is 2. The van der Waals surface area contributed by atoms with Crippen molar-refractivity contribution < 1.29 is 23.8 Å². The molecule has 0 unspecified atom stereocenters. The van der Waals surface area contributed by atoms with Crippen molar-refractivity contribution in [3.05, 3.63) is 98.8 Å². The number of aliphatic carboxylic acids is 1. The highest BCUT2D eigenvalue weighted by molar-refractivity contribution is 9.10. The van der Waals surface area contributed by atoms with Gasteiger partial charge in [0, 0.05) is 29.4 Å². The molecule has 1 amide bonds. The van der Waals surface area contributed by atoms with E-state index in [1.165, 1.54) is 22.1 Å². The lowest BCUT2D eigenvalue weighted by molar-refractivity contribution is -0.144. The van der Waals surface area contributed by atoms with Gasteiger partial charge in [0.2, 0.25) is 5.91 Å². The largest absolute Gasteiger partial charge is 0.487 e. The van der Waals surface area contributed by atoms with E-state index in [1.807, 2.05) is 18.2 Å². The number of carbonyl (C=O) groups is 2. The van der Waals surface area contributed by atoms with Crippen molar-refractivity contribution >= 4 is 27.8 Å². The van der Waals surface area contributed by atoms with Crippen LogP contribution in [0.3, 0.4) is 0 Å². The summed E-state index contributed by atoms with van der Waals surface area (Å²) in [6.45, 7) is 5.82. The number of nitrogens with zero attached hydrogens (tertiary/aromatic N) is 1. The van der Waals surface area contributed by atoms with Gasteiger partial charge in [0.05, 0.1) is 6.42 Å². The summed E-state index contributed by atoms with van der Waals surface area (Å²) in [5.41, 5.74) is 4.18. The van der Waals surface area contributed by atoms with E-state index < -0.39 is 23.9 Å². The lowest BCUT2D eigenvalue weighted by Crippen LogP contribution is -2.36. The molecule has 194 valence electrons. The number of hydrogen-bond acceptors (Lipinski definition) is 3. The van der Waals surface area contributed by atoms with E-state index in [1.54, 1.807) is 12.1 Å². The Bertz CT molecular complexity index is 1310. The first-order chi connectivity index (χ1) is 17.5. The van der Waals surface area contributed by atoms with Crippen LogP contribution in [-0.4, -0.2) is 34.0 Å². The van der Waals surface area contributed by atoms with Crippen LogP contribution in [0.2, 0.25) is 0 Å². The number of fused-ring (bicyclic) bond motifs is 1. The van der Waals surface area contributed by atoms with Gasteiger partial charge in [0.25, 0.3) is 0 Å². The Balaban J connectivity index is 1.45. The maximum Gasteiger partial charge on any atom is 0.323 e. The molecule has 1 heterocycles. The number of ether oxygens (including phenoxy) is 1. The summed E-state index contributed by atoms with van der Waals surface area (Å²) in [6.07, 6.45) is 1.49. The predicted octanol–water partition coefficient (Wildman–Crippen LogP) is 6.30. The number of carbonyl (C=O) groups excluding carboxylic acids is 1. The van der Waals surface area contributed by atoms with Gasteiger partial charge in [-0.25, -0.2) is 4.39 Å². The third-order valence-electron chi connectivity index (χ3n) is 6.68. The van der Waals surface area contributed by atoms with Crippen LogP contribution >= 0.6 is 15.9 Å². The molecular weight excluding hydrogens is 537 g/mol. The van der Waals surface area contributed by atoms with Crippen molar-refractivity contribution in [1.82, 2.24) is 4.90 Å². The summed E-state index contributed by atoms with van der Waals surface area (Å²) in [5, 5.41) is 9.33. The molecule has 1 N–H and O–H groups in total. The second kappa shape index (κ2) is 11.1. The van der Waals surface area contributed by atoms with Crippen molar-refractivity contribution in [2.75, 3.05) is 6.54 Å². The maximum atomic E-state index is 14.3. The van der Waals surface area contributed by atoms with E-state index in [9.17, 15) is 19.1 Å². The first-order valence-electron chi connectivity index (χ1n) is 12.3. The molecule has 0 saturated heterocycles. The van der Waals surface area contributed by atoms with Crippen molar-refractivity contribution in [2.24, 2.45) is 0 Å². The second-order valence-corrected chi connectivity index (χ2v) is 11.2. The number of carboxylic acid groups (broad SMARTS) is 1. The summed E-state index contributed by atoms with van der Waals surface area (Å²) in [5.74, 6) is -0.734. The van der Waals surface area contributed by atoms with Crippen LogP contribution in [0, 0.1) is 5.82 Å². The monoisotopic (exact) mass is 567 g/mol. The lowest BCUT2D eigenvalue weighted by Gasteiger charge is -2.24. The quantitative estimate of drug-likeness (QED) is 0.329. The topological polar surface area (TPSA) is 66.8 Å². The molecule has 1 aliphatic heterocycles. The van der Waals surface area contributed by atoms with E-state index in [4.69, 9.17) is 4.74 Å². The fourth-order valence-electron chi connectivity index (χ4n) is 4.77. The van der Waals surface area contributed by atoms with Crippen LogP contribution in [-0.2, 0) is 35.4 Å². The van der Waals surface area contributed by atoms with E-state index in [0.717, 1.165) is 23.3 Å². The summed E-state index contributed by atoms with van der Waals surface area (Å²) in [7, 11) is 0. The highest BCUT2D eigenvalue weighted by atomic mass is 79.9. The molecule has 0 saturated carbocycles. The molecule has 3 aromatic carbocycles. The van der Waals surface area contributed by atoms with Crippen molar-refractivity contribution in [3.63, 3.8) is 0 Å². The molecule has 7 heteroatoms. The number of benzene rings is 3. The van der Waals surface area contributed by atoms with Crippen LogP contribution in [0.4, 0.5) is 4.39 Å². The van der Waals surface area contributed by atoms with Crippen LogP contribution in [0.15, 0.2) is 65.1 Å². The number of hydrogen-bond donors (Lipinski definition) is 1. The van der Waals surface area contributed by atoms with Gasteiger partial charge in [-0.05, 0) is 53.3 Å². The Morgan fingerprint density at radius 3 is 2.43 bits per heavy atom. The van der Waals surface area contributed by atoms with E-state index in [-0.39, 0.29) is 24.4 Å². The minimum atomic E-state index is -1.15. The van der Waals surface area contributed by atoms with Gasteiger partial charge >= 0.3 is 5.97 Å². The van der Waals surface area contributed by atoms with Crippen molar-refractivity contribution in [3.8, 4) is 5.75 Å². The third kappa shape index (κ3) is 6.77. The van der Waals surface area contributed by atoms with Crippen molar-refractivity contribution in [2.45, 2.75) is 58.1 Å². The first kappa shape index (κ1) is 26.9. The molecule has 0 radical (unpaired) electrons. The zero-order valence-corrected chi connectivity index (χ0v) is 22.8. The molecule has 5 nitrogen and oxygen atoms in total. The van der Waals surface area contributed by atoms with Crippen LogP contribution in [0.25, 0.3) is 0 Å². The SMILES string of the molecule is CC(C)c1ccc(C[C@]2(C)Cc3cc(CC(=O)N(CC(=O)O)Cc4ccc(Br)cc4F)ccc3O2)cc1. The average molecular weight is 568 g/mol. The van der Waals surface area contributed by atoms with Gasteiger partial charge in [-0.2, -0.15) is 0 Å². The summed E-state index contributed by atoms with van der Waals surface area (Å²) in [6, 6.07) is 18.8. The van der Waals surface area contributed by atoms with Gasteiger partial charge in [-0.15, -0.1) is 0 Å². The van der Waals surface area contributed by atoms with E-state index >= 15 is 0 Å². The Kier molecular flexibility index (Phi) is 8.02. The standard InChI is InChI=1S/C30H31BrFNO4/c1-19(2)22-7-4-20(5-8-22)15-30(3)16-24-12-21(6-11-27(24)37-30)13-28(34)33(18-29(35)36)17-23-9-10-25(31)14-26(23)32/h4-12,14,19H,13,15-18H2,1-3H3,(H,35,36)/t30-/m1/s1. The zero-order chi connectivity index (χ0) is 26.7. The minimum absolute atomic E-state index is 0.0199. The third-order valence-corrected chi connectivity index (χ3v) is 7.17. The molecule has 3 aromatic rings. The Morgan fingerprint density at radius 1 is 1.08 bits per heavy atom. The molecule has 0 aromatic heterocycles. The first-order valence-corrected chi connectivity index (χ1v) is 13.1. The smallest absolute Gasteiger partial charge is 0.323 e. The maximum absolute atomic E-state index is 14.3. The normalized spacial score (nSPS) is 16.4. The van der Waals surface area contributed by atoms with Gasteiger partial charge in [0.1, 0.15) is 23.7 Å². The van der Waals surface area contributed by atoms with Crippen LogP contribution < -0.4 is 4.74 Å². The number of amides is 1. The van der Waals surface area contributed by atoms with Gasteiger partial charge in [-0.3, -0.25) is 9.59 Å². The zero-order valence-electron chi connectivity index (χ0n) is 21.3. The highest BCUT2D eigenvalue weighted by Gasteiger charge is 2.35. The number of carboxylic acids is 1. The molecule has 37 heavy (non-hydrogen) atoms. The fraction of sp³-hybridized carbons (Fsp3) is 0.333. The summed E-state index contributed by atoms with van der Waals surface area (Å²) < 4.78 is 21.2. The Morgan fingerprint density at radius 2 is 1.78 bits per heavy atom. The number of rotatable bonds is 9. The van der Waals surface area contributed by atoms with E-state index in [0.29, 0.717) is 16.8 Å². The minimum Gasteiger partial charge on any atom is -0.487 e. The van der Waals surface area contributed by atoms with Gasteiger partial charge in [-0.1, -0.05) is 72.2 Å².